The first-order chi connectivity index (χ1) is 7.49. The molecule has 0 aliphatic heterocycles. The van der Waals surface area contributed by atoms with Crippen LogP contribution in [0.2, 0.25) is 5.02 Å². The Morgan fingerprint density at radius 3 is 2.62 bits per heavy atom. The Kier molecular flexibility index (Phi) is 3.64. The second-order valence-electron chi connectivity index (χ2n) is 3.00. The molecule has 0 saturated heterocycles. The molecule has 0 unspecified atom stereocenters. The summed E-state index contributed by atoms with van der Waals surface area (Å²) in [4.78, 5) is 11.7. The fraction of sp³-hybridized carbons (Fsp3) is 0.0909. The van der Waals surface area contributed by atoms with Crippen LogP contribution < -0.4 is 0 Å². The fourth-order valence-corrected chi connectivity index (χ4v) is 1.38. The number of rotatable bonds is 2. The molecule has 0 saturated carbocycles. The number of benzene rings is 1. The number of aliphatic hydroxyl groups is 1. The van der Waals surface area contributed by atoms with Crippen molar-refractivity contribution in [3.05, 3.63) is 45.9 Å². The minimum absolute atomic E-state index is 0.0981. The van der Waals surface area contributed by atoms with Gasteiger partial charge in [-0.3, -0.25) is 4.79 Å². The molecular weight excluding hydrogens is 233 g/mol. The van der Waals surface area contributed by atoms with Gasteiger partial charge in [-0.2, -0.15) is 5.26 Å². The molecule has 3 nitrogen and oxygen atoms in total. The molecule has 82 valence electrons. The summed E-state index contributed by atoms with van der Waals surface area (Å²) in [6, 6.07) is 5.24. The highest BCUT2D eigenvalue weighted by molar-refractivity contribution is 6.35. The Bertz CT molecular complexity index is 493. The first kappa shape index (κ1) is 12.2. The van der Waals surface area contributed by atoms with E-state index in [1.54, 1.807) is 0 Å². The van der Waals surface area contributed by atoms with Gasteiger partial charge in [-0.1, -0.05) is 17.7 Å². The number of Topliss-reactive ketones (excluding diaryl/α,β-unsaturated/α-hetero) is 1. The van der Waals surface area contributed by atoms with Crippen molar-refractivity contribution in [2.45, 2.75) is 6.92 Å². The molecule has 0 heterocycles. The van der Waals surface area contributed by atoms with Crippen LogP contribution in [0.1, 0.15) is 17.3 Å². The standard InChI is InChI=1S/C11H7ClFNO2/c1-6(15)7(5-14)11(16)10-8(12)3-2-4-9(10)13/h2-4,15H,1H3/b7-6+. The Morgan fingerprint density at radius 1 is 1.56 bits per heavy atom. The zero-order chi connectivity index (χ0) is 12.3. The molecule has 16 heavy (non-hydrogen) atoms. The summed E-state index contributed by atoms with van der Waals surface area (Å²) in [5, 5.41) is 17.7. The van der Waals surface area contributed by atoms with Gasteiger partial charge in [0.15, 0.2) is 0 Å². The van der Waals surface area contributed by atoms with Crippen LogP contribution in [0.3, 0.4) is 0 Å². The van der Waals surface area contributed by atoms with Gasteiger partial charge in [-0.15, -0.1) is 0 Å². The topological polar surface area (TPSA) is 61.1 Å². The lowest BCUT2D eigenvalue weighted by atomic mass is 10.0. The Morgan fingerprint density at radius 2 is 2.19 bits per heavy atom. The van der Waals surface area contributed by atoms with Gasteiger partial charge in [0.2, 0.25) is 5.78 Å². The van der Waals surface area contributed by atoms with E-state index in [2.05, 4.69) is 0 Å². The second-order valence-corrected chi connectivity index (χ2v) is 3.41. The normalized spacial score (nSPS) is 11.6. The number of ketones is 1. The monoisotopic (exact) mass is 239 g/mol. The predicted molar refractivity (Wildman–Crippen MR) is 56.7 cm³/mol. The van der Waals surface area contributed by atoms with Crippen LogP contribution >= 0.6 is 11.6 Å². The molecule has 0 aromatic heterocycles. The molecule has 1 N–H and O–H groups in total. The van der Waals surface area contributed by atoms with Crippen LogP contribution in [0.4, 0.5) is 4.39 Å². The molecular formula is C11H7ClFNO2. The van der Waals surface area contributed by atoms with Crippen LogP contribution in [0.25, 0.3) is 0 Å². The summed E-state index contributed by atoms with van der Waals surface area (Å²) in [5.41, 5.74) is -0.930. The molecule has 0 radical (unpaired) electrons. The summed E-state index contributed by atoms with van der Waals surface area (Å²) in [7, 11) is 0. The van der Waals surface area contributed by atoms with Crippen molar-refractivity contribution in [3.63, 3.8) is 0 Å². The SMILES string of the molecule is C/C(O)=C(/C#N)C(=O)c1c(F)cccc1Cl. The highest BCUT2D eigenvalue weighted by Gasteiger charge is 2.21. The third kappa shape index (κ3) is 2.20. The summed E-state index contributed by atoms with van der Waals surface area (Å²) < 4.78 is 13.3. The van der Waals surface area contributed by atoms with Gasteiger partial charge in [0.25, 0.3) is 0 Å². The van der Waals surface area contributed by atoms with E-state index in [0.717, 1.165) is 6.07 Å². The molecule has 1 rings (SSSR count). The predicted octanol–water partition coefficient (Wildman–Crippen LogP) is 3.02. The van der Waals surface area contributed by atoms with Crippen molar-refractivity contribution in [3.8, 4) is 6.07 Å². The molecule has 1 aromatic rings. The third-order valence-corrected chi connectivity index (χ3v) is 2.21. The highest BCUT2D eigenvalue weighted by Crippen LogP contribution is 2.22. The van der Waals surface area contributed by atoms with Crippen LogP contribution in [-0.4, -0.2) is 10.9 Å². The fourth-order valence-electron chi connectivity index (χ4n) is 1.14. The summed E-state index contributed by atoms with van der Waals surface area (Å²) in [6.45, 7) is 1.17. The number of nitrogens with zero attached hydrogens (tertiary/aromatic N) is 1. The highest BCUT2D eigenvalue weighted by atomic mass is 35.5. The Labute approximate surface area is 96.4 Å². The molecule has 5 heteroatoms. The number of nitriles is 1. The summed E-state index contributed by atoms with van der Waals surface area (Å²) in [5.74, 6) is -2.22. The number of hydrogen-bond donors (Lipinski definition) is 1. The zero-order valence-corrected chi connectivity index (χ0v) is 9.05. The van der Waals surface area contributed by atoms with Crippen LogP contribution in [-0.2, 0) is 0 Å². The van der Waals surface area contributed by atoms with Gasteiger partial charge < -0.3 is 5.11 Å². The Balaban J connectivity index is 3.38. The number of halogens is 2. The van der Waals surface area contributed by atoms with E-state index in [9.17, 15) is 9.18 Å². The van der Waals surface area contributed by atoms with E-state index < -0.39 is 28.5 Å². The molecule has 0 atom stereocenters. The van der Waals surface area contributed by atoms with Crippen molar-refractivity contribution in [2.75, 3.05) is 0 Å². The third-order valence-electron chi connectivity index (χ3n) is 1.89. The molecule has 1 aromatic carbocycles. The molecule has 0 spiro atoms. The second kappa shape index (κ2) is 4.77. The first-order valence-electron chi connectivity index (χ1n) is 4.27. The van der Waals surface area contributed by atoms with Gasteiger partial charge in [-0.25, -0.2) is 4.39 Å². The maximum absolute atomic E-state index is 13.3. The average molecular weight is 240 g/mol. The van der Waals surface area contributed by atoms with Gasteiger partial charge >= 0.3 is 0 Å². The minimum Gasteiger partial charge on any atom is -0.511 e. The van der Waals surface area contributed by atoms with Gasteiger partial charge in [0.1, 0.15) is 23.2 Å². The smallest absolute Gasteiger partial charge is 0.211 e. The van der Waals surface area contributed by atoms with E-state index in [0.29, 0.717) is 0 Å². The summed E-state index contributed by atoms with van der Waals surface area (Å²) >= 11 is 5.66. The zero-order valence-electron chi connectivity index (χ0n) is 8.29. The van der Waals surface area contributed by atoms with Gasteiger partial charge in [-0.05, 0) is 19.1 Å². The van der Waals surface area contributed by atoms with Gasteiger partial charge in [0, 0.05) is 0 Å². The van der Waals surface area contributed by atoms with E-state index >= 15 is 0 Å². The maximum Gasteiger partial charge on any atom is 0.211 e. The molecule has 0 bridgehead atoms. The largest absolute Gasteiger partial charge is 0.511 e. The molecule has 0 aliphatic carbocycles. The van der Waals surface area contributed by atoms with Crippen LogP contribution in [0, 0.1) is 17.1 Å². The van der Waals surface area contributed by atoms with Gasteiger partial charge in [0.05, 0.1) is 10.6 Å². The number of carbonyl (C=O) groups is 1. The van der Waals surface area contributed by atoms with Crippen LogP contribution in [0.5, 0.6) is 0 Å². The lowest BCUT2D eigenvalue weighted by molar-refractivity contribution is 0.103. The average Bonchev–Trinajstić information content (AvgIpc) is 2.17. The number of hydrogen-bond acceptors (Lipinski definition) is 3. The van der Waals surface area contributed by atoms with Crippen molar-refractivity contribution in [2.24, 2.45) is 0 Å². The minimum atomic E-state index is -0.925. The van der Waals surface area contributed by atoms with Crippen molar-refractivity contribution >= 4 is 17.4 Å². The van der Waals surface area contributed by atoms with Crippen molar-refractivity contribution in [1.82, 2.24) is 0 Å². The lowest BCUT2D eigenvalue weighted by Crippen LogP contribution is -2.07. The van der Waals surface area contributed by atoms with Crippen LogP contribution in [0.15, 0.2) is 29.5 Å². The van der Waals surface area contributed by atoms with E-state index in [1.807, 2.05) is 0 Å². The molecule has 0 aliphatic rings. The number of carbonyl (C=O) groups excluding carboxylic acids is 1. The van der Waals surface area contributed by atoms with E-state index in [-0.39, 0.29) is 5.02 Å². The molecule has 0 amide bonds. The van der Waals surface area contributed by atoms with Crippen molar-refractivity contribution < 1.29 is 14.3 Å². The molecule has 0 fully saturated rings. The first-order valence-corrected chi connectivity index (χ1v) is 4.65. The number of aliphatic hydroxyl groups excluding tert-OH is 1. The van der Waals surface area contributed by atoms with E-state index in [1.165, 1.54) is 25.1 Å². The van der Waals surface area contributed by atoms with E-state index in [4.69, 9.17) is 22.0 Å². The van der Waals surface area contributed by atoms with Crippen molar-refractivity contribution in [1.29, 1.82) is 5.26 Å². The summed E-state index contributed by atoms with van der Waals surface area (Å²) in [6.07, 6.45) is 0. The Hall–Kier alpha value is -1.86. The maximum atomic E-state index is 13.3. The quantitative estimate of drug-likeness (QED) is 0.373. The number of allylic oxidation sites excluding steroid dienone is 2. The lowest BCUT2D eigenvalue weighted by Gasteiger charge is -2.04.